The van der Waals surface area contributed by atoms with Crippen LogP contribution in [0.25, 0.3) is 0 Å². The van der Waals surface area contributed by atoms with Crippen molar-refractivity contribution >= 4 is 5.78 Å². The lowest BCUT2D eigenvalue weighted by atomic mass is 9.73. The van der Waals surface area contributed by atoms with Crippen LogP contribution in [0.4, 0.5) is 0 Å². The number of fused-ring (bicyclic) bond motifs is 2. The first kappa shape index (κ1) is 14.3. The second-order valence-corrected chi connectivity index (χ2v) is 6.70. The topological polar surface area (TPSA) is 46.5 Å². The van der Waals surface area contributed by atoms with Crippen LogP contribution in [-0.4, -0.2) is 23.6 Å². The molecule has 0 radical (unpaired) electrons. The summed E-state index contributed by atoms with van der Waals surface area (Å²) < 4.78 is 5.20. The van der Waals surface area contributed by atoms with Crippen LogP contribution in [0.15, 0.2) is 36.4 Å². The van der Waals surface area contributed by atoms with Crippen molar-refractivity contribution in [3.8, 4) is 5.75 Å². The van der Waals surface area contributed by atoms with Crippen molar-refractivity contribution in [2.45, 2.75) is 31.8 Å². The van der Waals surface area contributed by atoms with E-state index in [1.54, 1.807) is 21.0 Å². The molecule has 0 saturated heterocycles. The molecule has 2 aliphatic carbocycles. The predicted octanol–water partition coefficient (Wildman–Crippen LogP) is 2.94. The smallest absolute Gasteiger partial charge is 0.168 e. The van der Waals surface area contributed by atoms with Gasteiger partial charge in [-0.15, -0.1) is 0 Å². The minimum atomic E-state index is -1.27. The monoisotopic (exact) mass is 286 g/mol. The molecule has 1 fully saturated rings. The molecule has 0 heterocycles. The average Bonchev–Trinajstić information content (AvgIpc) is 3.06. The third-order valence-electron chi connectivity index (χ3n) is 4.87. The van der Waals surface area contributed by atoms with Crippen molar-refractivity contribution in [2.24, 2.45) is 17.8 Å². The van der Waals surface area contributed by atoms with Gasteiger partial charge in [-0.2, -0.15) is 0 Å². The van der Waals surface area contributed by atoms with E-state index < -0.39 is 5.60 Å². The van der Waals surface area contributed by atoms with E-state index in [1.165, 1.54) is 0 Å². The highest BCUT2D eigenvalue weighted by Gasteiger charge is 2.51. The molecule has 3 nitrogen and oxygen atoms in total. The molecule has 3 heteroatoms. The highest BCUT2D eigenvalue weighted by atomic mass is 16.5. The van der Waals surface area contributed by atoms with Gasteiger partial charge in [-0.1, -0.05) is 24.3 Å². The predicted molar refractivity (Wildman–Crippen MR) is 81.3 cm³/mol. The molecule has 0 aromatic heterocycles. The van der Waals surface area contributed by atoms with Gasteiger partial charge in [0.2, 0.25) is 0 Å². The first-order valence-corrected chi connectivity index (χ1v) is 7.51. The van der Waals surface area contributed by atoms with Gasteiger partial charge in [0.05, 0.1) is 7.11 Å². The van der Waals surface area contributed by atoms with Gasteiger partial charge in [-0.05, 0) is 49.8 Å². The number of rotatable bonds is 4. The summed E-state index contributed by atoms with van der Waals surface area (Å²) in [6.07, 6.45) is 5.40. The molecule has 0 aliphatic heterocycles. The zero-order chi connectivity index (χ0) is 15.2. The van der Waals surface area contributed by atoms with E-state index in [9.17, 15) is 9.90 Å². The van der Waals surface area contributed by atoms with Crippen molar-refractivity contribution in [2.75, 3.05) is 7.11 Å². The van der Waals surface area contributed by atoms with Crippen LogP contribution < -0.4 is 4.74 Å². The highest BCUT2D eigenvalue weighted by Crippen LogP contribution is 2.54. The van der Waals surface area contributed by atoms with Crippen molar-refractivity contribution in [3.63, 3.8) is 0 Å². The first-order chi connectivity index (χ1) is 9.91. The number of carbonyl (C=O) groups is 1. The summed E-state index contributed by atoms with van der Waals surface area (Å²) in [5.74, 6) is 1.50. The van der Waals surface area contributed by atoms with Crippen molar-refractivity contribution in [1.29, 1.82) is 0 Å². The third kappa shape index (κ3) is 2.40. The van der Waals surface area contributed by atoms with Crippen LogP contribution in [0, 0.1) is 17.8 Å². The van der Waals surface area contributed by atoms with Gasteiger partial charge >= 0.3 is 0 Å². The van der Waals surface area contributed by atoms with E-state index in [4.69, 9.17) is 4.74 Å². The number of allylic oxidation sites excluding steroid dienone is 2. The number of carbonyl (C=O) groups excluding carboxylic acids is 1. The van der Waals surface area contributed by atoms with Gasteiger partial charge in [0.1, 0.15) is 11.4 Å². The Morgan fingerprint density at radius 1 is 1.19 bits per heavy atom. The summed E-state index contributed by atoms with van der Waals surface area (Å²) in [5.41, 5.74) is -0.108. The van der Waals surface area contributed by atoms with Gasteiger partial charge < -0.3 is 9.84 Å². The molecule has 0 amide bonds. The Balaban J connectivity index is 1.95. The largest absolute Gasteiger partial charge is 0.497 e. The SMILES string of the molecule is COc1ccc([C@H]2[C@H](C(=O)C(C)(C)O)[C@@H]3C=C[C@H]2C3)cc1. The highest BCUT2D eigenvalue weighted by molar-refractivity contribution is 5.90. The number of ether oxygens (including phenoxy) is 1. The Morgan fingerprint density at radius 2 is 1.81 bits per heavy atom. The third-order valence-corrected chi connectivity index (χ3v) is 4.87. The molecule has 2 bridgehead atoms. The first-order valence-electron chi connectivity index (χ1n) is 7.51. The molecular weight excluding hydrogens is 264 g/mol. The second-order valence-electron chi connectivity index (χ2n) is 6.70. The molecule has 1 aromatic rings. The Kier molecular flexibility index (Phi) is 3.40. The lowest BCUT2D eigenvalue weighted by Gasteiger charge is -2.31. The summed E-state index contributed by atoms with van der Waals surface area (Å²) in [6.45, 7) is 3.19. The molecule has 2 aliphatic rings. The minimum Gasteiger partial charge on any atom is -0.497 e. The van der Waals surface area contributed by atoms with Crippen LogP contribution in [-0.2, 0) is 4.79 Å². The standard InChI is InChI=1S/C18H22O3/c1-18(2,20)17(19)16-13-5-4-12(10-13)15(16)11-6-8-14(21-3)9-7-11/h4-9,12-13,15-16,20H,10H2,1-3H3/t12-,13+,15+,16+/m0/s1. The maximum atomic E-state index is 12.7. The summed E-state index contributed by atoms with van der Waals surface area (Å²) in [6, 6.07) is 7.97. The van der Waals surface area contributed by atoms with E-state index in [-0.39, 0.29) is 23.5 Å². The van der Waals surface area contributed by atoms with Crippen molar-refractivity contribution < 1.29 is 14.6 Å². The molecular formula is C18H22O3. The van der Waals surface area contributed by atoms with Crippen LogP contribution >= 0.6 is 0 Å². The lowest BCUT2D eigenvalue weighted by Crippen LogP contribution is -2.40. The maximum Gasteiger partial charge on any atom is 0.168 e. The maximum absolute atomic E-state index is 12.7. The number of hydrogen-bond donors (Lipinski definition) is 1. The van der Waals surface area contributed by atoms with Gasteiger partial charge in [-0.25, -0.2) is 0 Å². The minimum absolute atomic E-state index is 0.0415. The number of benzene rings is 1. The van der Waals surface area contributed by atoms with Crippen molar-refractivity contribution in [1.82, 2.24) is 0 Å². The molecule has 0 spiro atoms. The van der Waals surface area contributed by atoms with E-state index in [0.717, 1.165) is 17.7 Å². The Bertz CT molecular complexity index is 565. The number of methoxy groups -OCH3 is 1. The summed E-state index contributed by atoms with van der Waals surface area (Å²) >= 11 is 0. The van der Waals surface area contributed by atoms with Gasteiger partial charge in [0.25, 0.3) is 0 Å². The Hall–Kier alpha value is -1.61. The summed E-state index contributed by atoms with van der Waals surface area (Å²) in [7, 11) is 1.65. The molecule has 0 unspecified atom stereocenters. The van der Waals surface area contributed by atoms with Gasteiger partial charge in [0, 0.05) is 11.8 Å². The van der Waals surface area contributed by atoms with E-state index >= 15 is 0 Å². The van der Waals surface area contributed by atoms with Crippen molar-refractivity contribution in [3.05, 3.63) is 42.0 Å². The zero-order valence-corrected chi connectivity index (χ0v) is 12.7. The number of Topliss-reactive ketones (excluding diaryl/α,β-unsaturated/α-hetero) is 1. The van der Waals surface area contributed by atoms with E-state index in [0.29, 0.717) is 5.92 Å². The van der Waals surface area contributed by atoms with Gasteiger partial charge in [-0.3, -0.25) is 4.79 Å². The van der Waals surface area contributed by atoms with Crippen LogP contribution in [0.2, 0.25) is 0 Å². The van der Waals surface area contributed by atoms with Crippen LogP contribution in [0.1, 0.15) is 31.7 Å². The lowest BCUT2D eigenvalue weighted by molar-refractivity contribution is -0.139. The fourth-order valence-electron chi connectivity index (χ4n) is 3.87. The average molecular weight is 286 g/mol. The van der Waals surface area contributed by atoms with Crippen LogP contribution in [0.5, 0.6) is 5.75 Å². The summed E-state index contributed by atoms with van der Waals surface area (Å²) in [4.78, 5) is 12.7. The normalized spacial score (nSPS) is 30.7. The molecule has 4 atom stereocenters. The number of aliphatic hydroxyl groups is 1. The fourth-order valence-corrected chi connectivity index (χ4v) is 3.87. The molecule has 112 valence electrons. The van der Waals surface area contributed by atoms with E-state index in [1.807, 2.05) is 24.3 Å². The molecule has 1 N–H and O–H groups in total. The van der Waals surface area contributed by atoms with Crippen LogP contribution in [0.3, 0.4) is 0 Å². The molecule has 1 saturated carbocycles. The second kappa shape index (κ2) is 4.99. The van der Waals surface area contributed by atoms with E-state index in [2.05, 4.69) is 12.2 Å². The quantitative estimate of drug-likeness (QED) is 0.866. The summed E-state index contributed by atoms with van der Waals surface area (Å²) in [5, 5.41) is 10.1. The molecule has 1 aromatic carbocycles. The number of hydrogen-bond acceptors (Lipinski definition) is 3. The zero-order valence-electron chi connectivity index (χ0n) is 12.7. The number of ketones is 1. The molecule has 21 heavy (non-hydrogen) atoms. The molecule has 3 rings (SSSR count). The Labute approximate surface area is 125 Å². The Morgan fingerprint density at radius 3 is 2.38 bits per heavy atom. The fraction of sp³-hybridized carbons (Fsp3) is 0.500. The van der Waals surface area contributed by atoms with Gasteiger partial charge in [0.15, 0.2) is 5.78 Å².